The van der Waals surface area contributed by atoms with Crippen LogP contribution in [0.25, 0.3) is 0 Å². The van der Waals surface area contributed by atoms with Gasteiger partial charge in [-0.25, -0.2) is 0 Å². The van der Waals surface area contributed by atoms with E-state index in [9.17, 15) is 9.90 Å². The van der Waals surface area contributed by atoms with Crippen molar-refractivity contribution >= 4 is 17.5 Å². The van der Waals surface area contributed by atoms with E-state index in [-0.39, 0.29) is 25.0 Å². The van der Waals surface area contributed by atoms with E-state index in [1.54, 1.807) is 36.4 Å². The molecule has 1 aromatic carbocycles. The van der Waals surface area contributed by atoms with Crippen LogP contribution < -0.4 is 10.1 Å². The Kier molecular flexibility index (Phi) is 6.50. The molecule has 2 aromatic rings. The fourth-order valence-electron chi connectivity index (χ4n) is 2.13. The highest BCUT2D eigenvalue weighted by Gasteiger charge is 2.16. The lowest BCUT2D eigenvalue weighted by atomic mass is 10.1. The van der Waals surface area contributed by atoms with Crippen molar-refractivity contribution in [2.24, 2.45) is 0 Å². The summed E-state index contributed by atoms with van der Waals surface area (Å²) in [6.07, 6.45) is 1.41. The Hall–Kier alpha value is -1.98. The maximum absolute atomic E-state index is 11.8. The average molecular weight is 338 g/mol. The van der Waals surface area contributed by atoms with Crippen LogP contribution in [0.4, 0.5) is 0 Å². The van der Waals surface area contributed by atoms with Gasteiger partial charge in [0, 0.05) is 17.5 Å². The predicted molar refractivity (Wildman–Crippen MR) is 87.5 cm³/mol. The molecule has 1 heterocycles. The minimum atomic E-state index is -0.731. The van der Waals surface area contributed by atoms with Gasteiger partial charge in [0.25, 0.3) is 0 Å². The van der Waals surface area contributed by atoms with Crippen molar-refractivity contribution in [2.75, 3.05) is 6.61 Å². The molecule has 2 N–H and O–H groups in total. The Labute approximate surface area is 140 Å². The van der Waals surface area contributed by atoms with Gasteiger partial charge in [-0.3, -0.25) is 4.79 Å². The Morgan fingerprint density at radius 2 is 2.09 bits per heavy atom. The molecule has 0 bridgehead atoms. The molecule has 2 rings (SSSR count). The summed E-state index contributed by atoms with van der Waals surface area (Å²) in [5, 5.41) is 13.4. The average Bonchev–Trinajstić information content (AvgIpc) is 3.03. The monoisotopic (exact) mass is 337 g/mol. The number of nitrogens with one attached hydrogen (secondary N) is 1. The van der Waals surface area contributed by atoms with E-state index < -0.39 is 6.10 Å². The SMILES string of the molecule is CC(CC(O)c1ccco1)NC(=O)CCOc1ccc(Cl)cc1. The van der Waals surface area contributed by atoms with Gasteiger partial charge in [-0.15, -0.1) is 0 Å². The third kappa shape index (κ3) is 5.96. The molecule has 124 valence electrons. The number of carbonyl (C=O) groups is 1. The molecule has 6 heteroatoms. The maximum Gasteiger partial charge on any atom is 0.223 e. The van der Waals surface area contributed by atoms with Crippen LogP contribution in [0.1, 0.15) is 31.6 Å². The van der Waals surface area contributed by atoms with Gasteiger partial charge in [0.2, 0.25) is 5.91 Å². The van der Waals surface area contributed by atoms with Crippen molar-refractivity contribution in [3.05, 3.63) is 53.4 Å². The molecule has 0 fully saturated rings. The zero-order valence-electron chi connectivity index (χ0n) is 12.9. The molecular weight excluding hydrogens is 318 g/mol. The van der Waals surface area contributed by atoms with E-state index in [0.29, 0.717) is 23.0 Å². The molecule has 0 aliphatic rings. The van der Waals surface area contributed by atoms with Crippen molar-refractivity contribution in [3.8, 4) is 5.75 Å². The number of halogens is 1. The second-order valence-corrected chi connectivity index (χ2v) is 5.72. The number of benzene rings is 1. The summed E-state index contributed by atoms with van der Waals surface area (Å²) in [6.45, 7) is 2.12. The van der Waals surface area contributed by atoms with Crippen LogP contribution in [0.2, 0.25) is 5.02 Å². The van der Waals surface area contributed by atoms with E-state index >= 15 is 0 Å². The van der Waals surface area contributed by atoms with Gasteiger partial charge in [0.15, 0.2) is 0 Å². The van der Waals surface area contributed by atoms with Crippen LogP contribution in [-0.2, 0) is 4.79 Å². The normalized spacial score (nSPS) is 13.3. The first-order chi connectivity index (χ1) is 11.0. The molecule has 1 amide bonds. The molecule has 0 aliphatic carbocycles. The van der Waals surface area contributed by atoms with Gasteiger partial charge in [-0.1, -0.05) is 11.6 Å². The second kappa shape index (κ2) is 8.60. The third-order valence-electron chi connectivity index (χ3n) is 3.27. The van der Waals surface area contributed by atoms with Crippen molar-refractivity contribution < 1.29 is 19.1 Å². The number of amides is 1. The molecule has 1 aromatic heterocycles. The number of carbonyl (C=O) groups excluding carboxylic acids is 1. The lowest BCUT2D eigenvalue weighted by molar-refractivity contribution is -0.122. The van der Waals surface area contributed by atoms with Gasteiger partial charge >= 0.3 is 0 Å². The highest BCUT2D eigenvalue weighted by molar-refractivity contribution is 6.30. The molecule has 0 saturated heterocycles. The molecule has 0 spiro atoms. The number of aliphatic hydroxyl groups is 1. The van der Waals surface area contributed by atoms with E-state index in [0.717, 1.165) is 0 Å². The van der Waals surface area contributed by atoms with E-state index in [1.807, 2.05) is 6.92 Å². The molecule has 2 unspecified atom stereocenters. The highest BCUT2D eigenvalue weighted by Crippen LogP contribution is 2.18. The lowest BCUT2D eigenvalue weighted by Crippen LogP contribution is -2.34. The van der Waals surface area contributed by atoms with Crippen molar-refractivity contribution in [3.63, 3.8) is 0 Å². The summed E-state index contributed by atoms with van der Waals surface area (Å²) in [7, 11) is 0. The fraction of sp³-hybridized carbons (Fsp3) is 0.353. The molecule has 0 radical (unpaired) electrons. The standard InChI is InChI=1S/C17H20ClNO4/c1-12(11-15(20)16-3-2-9-23-16)19-17(21)8-10-22-14-6-4-13(18)5-7-14/h2-7,9,12,15,20H,8,10-11H2,1H3,(H,19,21). The molecule has 0 aliphatic heterocycles. The van der Waals surface area contributed by atoms with Crippen LogP contribution >= 0.6 is 11.6 Å². The quantitative estimate of drug-likeness (QED) is 0.775. The van der Waals surface area contributed by atoms with Gasteiger partial charge in [0.1, 0.15) is 17.6 Å². The first-order valence-electron chi connectivity index (χ1n) is 7.44. The molecule has 0 saturated carbocycles. The highest BCUT2D eigenvalue weighted by atomic mass is 35.5. The number of ether oxygens (including phenoxy) is 1. The van der Waals surface area contributed by atoms with Crippen LogP contribution in [-0.4, -0.2) is 23.7 Å². The zero-order valence-corrected chi connectivity index (χ0v) is 13.6. The minimum absolute atomic E-state index is 0.127. The van der Waals surface area contributed by atoms with Gasteiger partial charge < -0.3 is 19.6 Å². The number of hydrogen-bond donors (Lipinski definition) is 2. The van der Waals surface area contributed by atoms with Crippen LogP contribution in [0.3, 0.4) is 0 Å². The predicted octanol–water partition coefficient (Wildman–Crippen LogP) is 3.33. The summed E-state index contributed by atoms with van der Waals surface area (Å²) in [5.74, 6) is 1.04. The van der Waals surface area contributed by atoms with E-state index in [2.05, 4.69) is 5.32 Å². The van der Waals surface area contributed by atoms with Crippen LogP contribution in [0, 0.1) is 0 Å². The summed E-state index contributed by atoms with van der Waals surface area (Å²) < 4.78 is 10.6. The third-order valence-corrected chi connectivity index (χ3v) is 3.52. The number of aliphatic hydroxyl groups excluding tert-OH is 1. The minimum Gasteiger partial charge on any atom is -0.493 e. The Morgan fingerprint density at radius 3 is 2.74 bits per heavy atom. The van der Waals surface area contributed by atoms with Crippen molar-refractivity contribution in [2.45, 2.75) is 31.9 Å². The second-order valence-electron chi connectivity index (χ2n) is 5.29. The fourth-order valence-corrected chi connectivity index (χ4v) is 2.26. The maximum atomic E-state index is 11.8. The molecule has 23 heavy (non-hydrogen) atoms. The molecular formula is C17H20ClNO4. The zero-order chi connectivity index (χ0) is 16.7. The van der Waals surface area contributed by atoms with E-state index in [1.165, 1.54) is 6.26 Å². The van der Waals surface area contributed by atoms with Crippen molar-refractivity contribution in [1.29, 1.82) is 0 Å². The topological polar surface area (TPSA) is 71.7 Å². The van der Waals surface area contributed by atoms with Gasteiger partial charge in [0.05, 0.1) is 19.3 Å². The number of rotatable bonds is 8. The smallest absolute Gasteiger partial charge is 0.223 e. The Balaban J connectivity index is 1.66. The first kappa shape index (κ1) is 17.4. The van der Waals surface area contributed by atoms with Gasteiger partial charge in [-0.05, 0) is 43.3 Å². The summed E-state index contributed by atoms with van der Waals surface area (Å²) in [6, 6.07) is 10.2. The Morgan fingerprint density at radius 1 is 1.35 bits per heavy atom. The summed E-state index contributed by atoms with van der Waals surface area (Å²) in [4.78, 5) is 11.8. The van der Waals surface area contributed by atoms with Crippen LogP contribution in [0.15, 0.2) is 47.1 Å². The lowest BCUT2D eigenvalue weighted by Gasteiger charge is -2.16. The largest absolute Gasteiger partial charge is 0.493 e. The van der Waals surface area contributed by atoms with Crippen LogP contribution in [0.5, 0.6) is 5.75 Å². The molecule has 2 atom stereocenters. The molecule has 5 nitrogen and oxygen atoms in total. The summed E-state index contributed by atoms with van der Waals surface area (Å²) in [5.41, 5.74) is 0. The summed E-state index contributed by atoms with van der Waals surface area (Å²) >= 11 is 5.79. The number of furan rings is 1. The first-order valence-corrected chi connectivity index (χ1v) is 7.81. The number of hydrogen-bond acceptors (Lipinski definition) is 4. The van der Waals surface area contributed by atoms with Crippen molar-refractivity contribution in [1.82, 2.24) is 5.32 Å². The van der Waals surface area contributed by atoms with E-state index in [4.69, 9.17) is 20.8 Å². The Bertz CT molecular complexity index is 598. The van der Waals surface area contributed by atoms with Gasteiger partial charge in [-0.2, -0.15) is 0 Å².